The first kappa shape index (κ1) is 19.9. The standard InChI is InChI=1S/C20H27N5O3/c1-5-18(26)25-10-6-9-24(12-17(25)19-21-15(4)23-28-19)20(27)22-16-8-7-13(2)14(3)11-16/h7-8,11,17H,5-6,9-10,12H2,1-4H3,(H,22,27). The monoisotopic (exact) mass is 385 g/mol. The number of carbonyl (C=O) groups excluding carboxylic acids is 2. The van der Waals surface area contributed by atoms with Gasteiger partial charge in [-0.1, -0.05) is 18.1 Å². The first-order chi connectivity index (χ1) is 13.4. The molecule has 0 saturated carbocycles. The van der Waals surface area contributed by atoms with Crippen molar-refractivity contribution in [1.29, 1.82) is 0 Å². The quantitative estimate of drug-likeness (QED) is 0.876. The molecule has 150 valence electrons. The van der Waals surface area contributed by atoms with Crippen molar-refractivity contribution < 1.29 is 14.1 Å². The second-order valence-electron chi connectivity index (χ2n) is 7.17. The number of rotatable bonds is 3. The fourth-order valence-corrected chi connectivity index (χ4v) is 3.35. The molecule has 1 aliphatic heterocycles. The number of amides is 3. The highest BCUT2D eigenvalue weighted by Crippen LogP contribution is 2.25. The van der Waals surface area contributed by atoms with Crippen molar-refractivity contribution in [3.8, 4) is 0 Å². The zero-order valence-corrected chi connectivity index (χ0v) is 16.9. The number of hydrogen-bond acceptors (Lipinski definition) is 5. The van der Waals surface area contributed by atoms with Crippen LogP contribution in [0.1, 0.15) is 48.6 Å². The normalized spacial score (nSPS) is 17.4. The lowest BCUT2D eigenvalue weighted by molar-refractivity contribution is -0.133. The molecule has 1 aromatic heterocycles. The third kappa shape index (κ3) is 4.32. The minimum Gasteiger partial charge on any atom is -0.337 e. The Morgan fingerprint density at radius 3 is 2.64 bits per heavy atom. The van der Waals surface area contributed by atoms with Gasteiger partial charge in [-0.3, -0.25) is 4.79 Å². The Morgan fingerprint density at radius 2 is 2.00 bits per heavy atom. The van der Waals surface area contributed by atoms with Gasteiger partial charge in [-0.2, -0.15) is 4.98 Å². The summed E-state index contributed by atoms with van der Waals surface area (Å²) in [6.07, 6.45) is 1.08. The van der Waals surface area contributed by atoms with Crippen LogP contribution in [0.4, 0.5) is 10.5 Å². The minimum atomic E-state index is -0.443. The highest BCUT2D eigenvalue weighted by Gasteiger charge is 2.34. The molecule has 8 nitrogen and oxygen atoms in total. The number of hydrogen-bond donors (Lipinski definition) is 1. The maximum absolute atomic E-state index is 12.9. The van der Waals surface area contributed by atoms with Gasteiger partial charge >= 0.3 is 6.03 Å². The lowest BCUT2D eigenvalue weighted by atomic mass is 10.1. The molecule has 8 heteroatoms. The molecule has 1 aromatic carbocycles. The molecule has 0 radical (unpaired) electrons. The molecule has 1 saturated heterocycles. The molecule has 0 aliphatic carbocycles. The molecule has 28 heavy (non-hydrogen) atoms. The molecule has 1 aliphatic rings. The van der Waals surface area contributed by atoms with Gasteiger partial charge in [-0.25, -0.2) is 4.79 Å². The van der Waals surface area contributed by atoms with Crippen molar-refractivity contribution in [2.45, 2.75) is 46.6 Å². The lowest BCUT2D eigenvalue weighted by Gasteiger charge is -2.29. The molecule has 1 fully saturated rings. The number of anilines is 1. The van der Waals surface area contributed by atoms with E-state index in [1.807, 2.05) is 39.0 Å². The Hall–Kier alpha value is -2.90. The van der Waals surface area contributed by atoms with Gasteiger partial charge in [0.15, 0.2) is 5.82 Å². The van der Waals surface area contributed by atoms with E-state index < -0.39 is 6.04 Å². The predicted molar refractivity (Wildman–Crippen MR) is 105 cm³/mol. The van der Waals surface area contributed by atoms with Gasteiger partial charge in [-0.15, -0.1) is 0 Å². The maximum Gasteiger partial charge on any atom is 0.321 e. The van der Waals surface area contributed by atoms with Crippen LogP contribution in [0.25, 0.3) is 0 Å². The van der Waals surface area contributed by atoms with E-state index in [0.29, 0.717) is 44.2 Å². The average molecular weight is 385 g/mol. The summed E-state index contributed by atoms with van der Waals surface area (Å²) >= 11 is 0. The fourth-order valence-electron chi connectivity index (χ4n) is 3.35. The van der Waals surface area contributed by atoms with Gasteiger partial charge < -0.3 is 19.6 Å². The minimum absolute atomic E-state index is 0.0114. The van der Waals surface area contributed by atoms with Crippen molar-refractivity contribution >= 4 is 17.6 Å². The molecule has 0 spiro atoms. The first-order valence-electron chi connectivity index (χ1n) is 9.62. The molecule has 1 atom stereocenters. The number of carbonyl (C=O) groups is 2. The molecule has 3 amide bonds. The molecular weight excluding hydrogens is 358 g/mol. The summed E-state index contributed by atoms with van der Waals surface area (Å²) in [6.45, 7) is 9.02. The average Bonchev–Trinajstić information content (AvgIpc) is 2.98. The highest BCUT2D eigenvalue weighted by molar-refractivity contribution is 5.89. The van der Waals surface area contributed by atoms with Crippen molar-refractivity contribution in [1.82, 2.24) is 19.9 Å². The lowest BCUT2D eigenvalue weighted by Crippen LogP contribution is -2.41. The molecular formula is C20H27N5O3. The number of urea groups is 1. The van der Waals surface area contributed by atoms with E-state index in [1.165, 1.54) is 5.56 Å². The fraction of sp³-hybridized carbons (Fsp3) is 0.500. The summed E-state index contributed by atoms with van der Waals surface area (Å²) < 4.78 is 5.35. The summed E-state index contributed by atoms with van der Waals surface area (Å²) in [6, 6.07) is 5.19. The second-order valence-corrected chi connectivity index (χ2v) is 7.17. The topological polar surface area (TPSA) is 91.6 Å². The third-order valence-corrected chi connectivity index (χ3v) is 5.09. The number of nitrogens with one attached hydrogen (secondary N) is 1. The van der Waals surface area contributed by atoms with Crippen molar-refractivity contribution in [2.75, 3.05) is 25.0 Å². The van der Waals surface area contributed by atoms with E-state index in [9.17, 15) is 9.59 Å². The van der Waals surface area contributed by atoms with Gasteiger partial charge in [0.05, 0.1) is 6.54 Å². The maximum atomic E-state index is 12.9. The van der Waals surface area contributed by atoms with E-state index in [1.54, 1.807) is 16.7 Å². The Morgan fingerprint density at radius 1 is 1.21 bits per heavy atom. The van der Waals surface area contributed by atoms with Gasteiger partial charge in [0.2, 0.25) is 5.91 Å². The molecule has 3 rings (SSSR count). The molecule has 1 N–H and O–H groups in total. The van der Waals surface area contributed by atoms with E-state index in [0.717, 1.165) is 11.3 Å². The van der Waals surface area contributed by atoms with E-state index in [2.05, 4.69) is 15.5 Å². The van der Waals surface area contributed by atoms with Gasteiger partial charge in [0.25, 0.3) is 5.89 Å². The number of benzene rings is 1. The number of aromatic nitrogens is 2. The summed E-state index contributed by atoms with van der Waals surface area (Å²) in [5.41, 5.74) is 3.05. The molecule has 2 heterocycles. The zero-order valence-electron chi connectivity index (χ0n) is 16.9. The number of nitrogens with zero attached hydrogens (tertiary/aromatic N) is 4. The predicted octanol–water partition coefficient (Wildman–Crippen LogP) is 3.21. The van der Waals surface area contributed by atoms with Crippen LogP contribution in [-0.4, -0.2) is 51.5 Å². The van der Waals surface area contributed by atoms with E-state index >= 15 is 0 Å². The van der Waals surface area contributed by atoms with Gasteiger partial charge in [0.1, 0.15) is 6.04 Å². The Kier molecular flexibility index (Phi) is 5.96. The summed E-state index contributed by atoms with van der Waals surface area (Å²) in [7, 11) is 0. The smallest absolute Gasteiger partial charge is 0.321 e. The van der Waals surface area contributed by atoms with Gasteiger partial charge in [0, 0.05) is 25.2 Å². The third-order valence-electron chi connectivity index (χ3n) is 5.09. The Bertz CT molecular complexity index is 863. The van der Waals surface area contributed by atoms with Crippen LogP contribution in [0.3, 0.4) is 0 Å². The van der Waals surface area contributed by atoms with Crippen LogP contribution < -0.4 is 5.32 Å². The number of aryl methyl sites for hydroxylation is 3. The second kappa shape index (κ2) is 8.41. The summed E-state index contributed by atoms with van der Waals surface area (Å²) in [5, 5.41) is 6.81. The summed E-state index contributed by atoms with van der Waals surface area (Å²) in [4.78, 5) is 33.1. The van der Waals surface area contributed by atoms with Crippen molar-refractivity contribution in [3.63, 3.8) is 0 Å². The highest BCUT2D eigenvalue weighted by atomic mass is 16.5. The zero-order chi connectivity index (χ0) is 20.3. The molecule has 1 unspecified atom stereocenters. The Labute approximate surface area is 164 Å². The SMILES string of the molecule is CCC(=O)N1CCCN(C(=O)Nc2ccc(C)c(C)c2)CC1c1nc(C)no1. The van der Waals surface area contributed by atoms with E-state index in [4.69, 9.17) is 4.52 Å². The van der Waals surface area contributed by atoms with E-state index in [-0.39, 0.29) is 11.9 Å². The van der Waals surface area contributed by atoms with Crippen LogP contribution in [0.5, 0.6) is 0 Å². The van der Waals surface area contributed by atoms with Crippen molar-refractivity contribution in [3.05, 3.63) is 41.0 Å². The van der Waals surface area contributed by atoms with Crippen LogP contribution in [-0.2, 0) is 4.79 Å². The van der Waals surface area contributed by atoms with Crippen LogP contribution in [0, 0.1) is 20.8 Å². The van der Waals surface area contributed by atoms with Gasteiger partial charge in [-0.05, 0) is 50.5 Å². The van der Waals surface area contributed by atoms with Crippen LogP contribution in [0.15, 0.2) is 22.7 Å². The van der Waals surface area contributed by atoms with Crippen LogP contribution in [0.2, 0.25) is 0 Å². The largest absolute Gasteiger partial charge is 0.337 e. The van der Waals surface area contributed by atoms with Crippen LogP contribution >= 0.6 is 0 Å². The first-order valence-corrected chi connectivity index (χ1v) is 9.62. The Balaban J connectivity index is 1.80. The molecule has 0 bridgehead atoms. The summed E-state index contributed by atoms with van der Waals surface area (Å²) in [5.74, 6) is 0.886. The molecule has 2 aromatic rings. The van der Waals surface area contributed by atoms with Crippen molar-refractivity contribution in [2.24, 2.45) is 0 Å².